The van der Waals surface area contributed by atoms with Gasteiger partial charge in [0.15, 0.2) is 0 Å². The van der Waals surface area contributed by atoms with E-state index in [-0.39, 0.29) is 5.91 Å². The van der Waals surface area contributed by atoms with Crippen molar-refractivity contribution in [1.29, 1.82) is 0 Å². The first-order chi connectivity index (χ1) is 9.81. The van der Waals surface area contributed by atoms with Crippen LogP contribution in [0.1, 0.15) is 32.1 Å². The zero-order chi connectivity index (χ0) is 13.8. The highest BCUT2D eigenvalue weighted by Crippen LogP contribution is 2.27. The van der Waals surface area contributed by atoms with Gasteiger partial charge in [0.1, 0.15) is 24.3 Å². The molecule has 0 bridgehead atoms. The monoisotopic (exact) mass is 271 g/mol. The number of rotatable bonds is 4. The van der Waals surface area contributed by atoms with Crippen molar-refractivity contribution in [2.45, 2.75) is 32.1 Å². The number of aromatic nitrogens is 4. The van der Waals surface area contributed by atoms with Crippen molar-refractivity contribution in [3.63, 3.8) is 0 Å². The number of imidazole rings is 1. The van der Waals surface area contributed by atoms with E-state index in [1.54, 1.807) is 29.4 Å². The van der Waals surface area contributed by atoms with Crippen LogP contribution in [0.2, 0.25) is 0 Å². The lowest BCUT2D eigenvalue weighted by molar-refractivity contribution is -0.117. The highest BCUT2D eigenvalue weighted by molar-refractivity contribution is 5.90. The van der Waals surface area contributed by atoms with Gasteiger partial charge in [-0.1, -0.05) is 12.8 Å². The van der Waals surface area contributed by atoms with Crippen molar-refractivity contribution < 1.29 is 4.79 Å². The van der Waals surface area contributed by atoms with Crippen molar-refractivity contribution in [3.8, 4) is 5.82 Å². The van der Waals surface area contributed by atoms with E-state index in [4.69, 9.17) is 0 Å². The summed E-state index contributed by atoms with van der Waals surface area (Å²) >= 11 is 0. The summed E-state index contributed by atoms with van der Waals surface area (Å²) in [5.41, 5.74) is 0. The second kappa shape index (κ2) is 5.81. The molecule has 2 aromatic heterocycles. The first kappa shape index (κ1) is 12.8. The molecule has 0 aromatic carbocycles. The second-order valence-corrected chi connectivity index (χ2v) is 5.13. The van der Waals surface area contributed by atoms with E-state index < -0.39 is 0 Å². The van der Waals surface area contributed by atoms with Crippen molar-refractivity contribution in [1.82, 2.24) is 19.5 Å². The van der Waals surface area contributed by atoms with Crippen LogP contribution in [-0.4, -0.2) is 25.4 Å². The third-order valence-corrected chi connectivity index (χ3v) is 3.64. The Bertz CT molecular complexity index is 575. The lowest BCUT2D eigenvalue weighted by atomic mass is 10.0. The van der Waals surface area contributed by atoms with Crippen molar-refractivity contribution in [2.75, 3.05) is 5.32 Å². The molecule has 20 heavy (non-hydrogen) atoms. The number of nitrogens with zero attached hydrogens (tertiary/aromatic N) is 4. The fourth-order valence-electron chi connectivity index (χ4n) is 2.62. The molecule has 2 aromatic rings. The van der Waals surface area contributed by atoms with Crippen LogP contribution in [0.5, 0.6) is 0 Å². The molecule has 104 valence electrons. The molecule has 2 heterocycles. The molecular formula is C14H17N5O. The quantitative estimate of drug-likeness (QED) is 0.925. The zero-order valence-corrected chi connectivity index (χ0v) is 11.2. The molecule has 0 atom stereocenters. The lowest BCUT2D eigenvalue weighted by Crippen LogP contribution is -2.16. The van der Waals surface area contributed by atoms with Crippen LogP contribution in [0.25, 0.3) is 5.82 Å². The molecule has 0 saturated heterocycles. The Morgan fingerprint density at radius 1 is 1.35 bits per heavy atom. The van der Waals surface area contributed by atoms with E-state index in [9.17, 15) is 4.79 Å². The summed E-state index contributed by atoms with van der Waals surface area (Å²) in [6.07, 6.45) is 12.0. The fraction of sp³-hybridized carbons (Fsp3) is 0.429. The number of nitrogens with one attached hydrogen (secondary N) is 1. The molecule has 6 nitrogen and oxygen atoms in total. The van der Waals surface area contributed by atoms with Crippen LogP contribution >= 0.6 is 0 Å². The van der Waals surface area contributed by atoms with Crippen LogP contribution < -0.4 is 5.32 Å². The lowest BCUT2D eigenvalue weighted by Gasteiger charge is -2.09. The molecule has 1 aliphatic carbocycles. The highest BCUT2D eigenvalue weighted by atomic mass is 16.1. The van der Waals surface area contributed by atoms with Crippen LogP contribution in [0.4, 0.5) is 5.82 Å². The summed E-state index contributed by atoms with van der Waals surface area (Å²) in [4.78, 5) is 24.2. The average molecular weight is 271 g/mol. The largest absolute Gasteiger partial charge is 0.311 e. The standard InChI is InChI=1S/C14H17N5O/c20-14(7-11-3-1-2-4-11)18-12-8-13(17-9-16-12)19-6-5-15-10-19/h5-6,8-11H,1-4,7H2,(H,16,17,18,20). The van der Waals surface area contributed by atoms with Gasteiger partial charge < -0.3 is 5.32 Å². The number of amides is 1. The Hall–Kier alpha value is -2.24. The summed E-state index contributed by atoms with van der Waals surface area (Å²) in [6.45, 7) is 0. The van der Waals surface area contributed by atoms with Gasteiger partial charge in [0.2, 0.25) is 5.91 Å². The molecule has 3 rings (SSSR count). The molecule has 0 aliphatic heterocycles. The smallest absolute Gasteiger partial charge is 0.225 e. The number of hydrogen-bond donors (Lipinski definition) is 1. The summed E-state index contributed by atoms with van der Waals surface area (Å²) in [7, 11) is 0. The number of anilines is 1. The maximum Gasteiger partial charge on any atom is 0.225 e. The Morgan fingerprint density at radius 2 is 2.20 bits per heavy atom. The third-order valence-electron chi connectivity index (χ3n) is 3.64. The Morgan fingerprint density at radius 3 is 2.95 bits per heavy atom. The number of carbonyl (C=O) groups excluding carboxylic acids is 1. The minimum Gasteiger partial charge on any atom is -0.311 e. The van der Waals surface area contributed by atoms with Gasteiger partial charge in [0.25, 0.3) is 0 Å². The molecule has 1 aliphatic rings. The topological polar surface area (TPSA) is 72.7 Å². The molecular weight excluding hydrogens is 254 g/mol. The Labute approximate surface area is 117 Å². The molecule has 1 fully saturated rings. The van der Waals surface area contributed by atoms with Crippen LogP contribution in [0, 0.1) is 5.92 Å². The second-order valence-electron chi connectivity index (χ2n) is 5.13. The molecule has 0 radical (unpaired) electrons. The molecule has 1 N–H and O–H groups in total. The summed E-state index contributed by atoms with van der Waals surface area (Å²) in [6, 6.07) is 1.74. The van der Waals surface area contributed by atoms with Crippen LogP contribution in [-0.2, 0) is 4.79 Å². The number of carbonyl (C=O) groups is 1. The van der Waals surface area contributed by atoms with E-state index in [2.05, 4.69) is 20.3 Å². The van der Waals surface area contributed by atoms with Gasteiger partial charge in [-0.25, -0.2) is 15.0 Å². The van der Waals surface area contributed by atoms with E-state index in [0.29, 0.717) is 24.0 Å². The Balaban J connectivity index is 1.65. The van der Waals surface area contributed by atoms with Gasteiger partial charge in [-0.3, -0.25) is 9.36 Å². The maximum absolute atomic E-state index is 12.0. The van der Waals surface area contributed by atoms with Crippen molar-refractivity contribution in [2.24, 2.45) is 5.92 Å². The van der Waals surface area contributed by atoms with Crippen molar-refractivity contribution >= 4 is 11.7 Å². The predicted octanol–water partition coefficient (Wildman–Crippen LogP) is 2.18. The van der Waals surface area contributed by atoms with E-state index in [1.807, 2.05) is 0 Å². The normalized spacial score (nSPS) is 15.4. The number of hydrogen-bond acceptors (Lipinski definition) is 4. The zero-order valence-electron chi connectivity index (χ0n) is 11.2. The minimum absolute atomic E-state index is 0.0344. The van der Waals surface area contributed by atoms with Gasteiger partial charge in [-0.2, -0.15) is 0 Å². The van der Waals surface area contributed by atoms with E-state index in [0.717, 1.165) is 12.8 Å². The first-order valence-electron chi connectivity index (χ1n) is 6.91. The predicted molar refractivity (Wildman–Crippen MR) is 74.4 cm³/mol. The SMILES string of the molecule is O=C(CC1CCCC1)Nc1cc(-n2ccnc2)ncn1. The highest BCUT2D eigenvalue weighted by Gasteiger charge is 2.18. The first-order valence-corrected chi connectivity index (χ1v) is 6.91. The molecule has 0 unspecified atom stereocenters. The molecule has 1 amide bonds. The van der Waals surface area contributed by atoms with Gasteiger partial charge in [0, 0.05) is 24.9 Å². The van der Waals surface area contributed by atoms with Gasteiger partial charge >= 0.3 is 0 Å². The van der Waals surface area contributed by atoms with E-state index >= 15 is 0 Å². The third kappa shape index (κ3) is 3.01. The maximum atomic E-state index is 12.0. The van der Waals surface area contributed by atoms with Crippen LogP contribution in [0.3, 0.4) is 0 Å². The van der Waals surface area contributed by atoms with Gasteiger partial charge in [0.05, 0.1) is 0 Å². The average Bonchev–Trinajstić information content (AvgIpc) is 3.11. The minimum atomic E-state index is 0.0344. The summed E-state index contributed by atoms with van der Waals surface area (Å²) < 4.78 is 1.77. The van der Waals surface area contributed by atoms with Crippen LogP contribution in [0.15, 0.2) is 31.1 Å². The summed E-state index contributed by atoms with van der Waals surface area (Å²) in [5, 5.41) is 2.85. The van der Waals surface area contributed by atoms with Gasteiger partial charge in [-0.05, 0) is 18.8 Å². The molecule has 0 spiro atoms. The molecule has 6 heteroatoms. The fourth-order valence-corrected chi connectivity index (χ4v) is 2.62. The van der Waals surface area contributed by atoms with Crippen molar-refractivity contribution in [3.05, 3.63) is 31.1 Å². The Kier molecular flexibility index (Phi) is 3.71. The summed E-state index contributed by atoms with van der Waals surface area (Å²) in [5.74, 6) is 1.79. The van der Waals surface area contributed by atoms with E-state index in [1.165, 1.54) is 19.2 Å². The molecule has 1 saturated carbocycles. The van der Waals surface area contributed by atoms with Gasteiger partial charge in [-0.15, -0.1) is 0 Å².